The molecule has 1 aliphatic carbocycles. The molecule has 0 aromatic carbocycles. The Morgan fingerprint density at radius 1 is 1.71 bits per heavy atom. The largest absolute Gasteiger partial charge is 0.348 e. The molecule has 1 heterocycles. The Kier molecular flexibility index (Phi) is 2.69. The van der Waals surface area contributed by atoms with Crippen molar-refractivity contribution >= 4 is 39.0 Å². The van der Waals surface area contributed by atoms with E-state index in [9.17, 15) is 9.59 Å². The number of hydrogen-bond acceptors (Lipinski definition) is 3. The Balaban J connectivity index is 2.18. The molecule has 74 valence electrons. The van der Waals surface area contributed by atoms with Crippen LogP contribution in [-0.2, 0) is 4.79 Å². The molecule has 1 aromatic heterocycles. The minimum Gasteiger partial charge on any atom is -0.348 e. The van der Waals surface area contributed by atoms with E-state index >= 15 is 0 Å². The summed E-state index contributed by atoms with van der Waals surface area (Å²) in [6.45, 7) is 0. The monoisotopic (exact) mass is 273 g/mol. The van der Waals surface area contributed by atoms with Gasteiger partial charge in [0.1, 0.15) is 0 Å². The lowest BCUT2D eigenvalue weighted by Gasteiger charge is -2.10. The lowest BCUT2D eigenvalue weighted by Crippen LogP contribution is -2.27. The summed E-state index contributed by atoms with van der Waals surface area (Å²) < 4.78 is 0. The molecule has 0 spiro atoms. The Hall–Kier alpha value is -0.680. The number of rotatable bonds is 2. The highest BCUT2D eigenvalue weighted by molar-refractivity contribution is 9.09. The van der Waals surface area contributed by atoms with Crippen LogP contribution in [0.1, 0.15) is 27.7 Å². The van der Waals surface area contributed by atoms with Gasteiger partial charge < -0.3 is 5.32 Å². The maximum Gasteiger partial charge on any atom is 0.231 e. The number of thiophene rings is 1. The van der Waals surface area contributed by atoms with Crippen LogP contribution >= 0.6 is 27.3 Å². The molecule has 5 heteroatoms. The SMILES string of the molecule is O=C(CBr)NC1CC(=O)c2sccc21. The first-order valence-electron chi connectivity index (χ1n) is 4.18. The molecular formula is C9H8BrNO2S. The van der Waals surface area contributed by atoms with Crippen LogP contribution in [0, 0.1) is 0 Å². The number of halogens is 1. The van der Waals surface area contributed by atoms with E-state index in [4.69, 9.17) is 0 Å². The van der Waals surface area contributed by atoms with Gasteiger partial charge in [0.2, 0.25) is 5.91 Å². The van der Waals surface area contributed by atoms with Gasteiger partial charge in [0.05, 0.1) is 16.2 Å². The van der Waals surface area contributed by atoms with E-state index in [1.54, 1.807) is 0 Å². The number of fused-ring (bicyclic) bond motifs is 1. The van der Waals surface area contributed by atoms with Crippen molar-refractivity contribution < 1.29 is 9.59 Å². The van der Waals surface area contributed by atoms with Gasteiger partial charge in [-0.3, -0.25) is 9.59 Å². The topological polar surface area (TPSA) is 46.2 Å². The molecule has 3 nitrogen and oxygen atoms in total. The van der Waals surface area contributed by atoms with Gasteiger partial charge in [-0.25, -0.2) is 0 Å². The van der Waals surface area contributed by atoms with E-state index < -0.39 is 0 Å². The van der Waals surface area contributed by atoms with E-state index in [0.29, 0.717) is 6.42 Å². The number of nitrogens with one attached hydrogen (secondary N) is 1. The van der Waals surface area contributed by atoms with Crippen LogP contribution in [0.2, 0.25) is 0 Å². The zero-order valence-corrected chi connectivity index (χ0v) is 9.65. The first-order valence-corrected chi connectivity index (χ1v) is 6.18. The molecule has 1 aromatic rings. The van der Waals surface area contributed by atoms with Crippen LogP contribution in [0.3, 0.4) is 0 Å². The predicted octanol–water partition coefficient (Wildman–Crippen LogP) is 1.89. The molecule has 1 amide bonds. The standard InChI is InChI=1S/C9H8BrNO2S/c10-4-8(13)11-6-3-7(12)9-5(6)1-2-14-9/h1-2,6H,3-4H2,(H,11,13). The first-order chi connectivity index (χ1) is 6.72. The highest BCUT2D eigenvalue weighted by Crippen LogP contribution is 2.34. The molecule has 1 atom stereocenters. The van der Waals surface area contributed by atoms with Gasteiger partial charge in [0.15, 0.2) is 5.78 Å². The molecule has 1 unspecified atom stereocenters. The third kappa shape index (κ3) is 1.62. The van der Waals surface area contributed by atoms with Crippen molar-refractivity contribution in [2.45, 2.75) is 12.5 Å². The molecule has 1 aliphatic rings. The van der Waals surface area contributed by atoms with Gasteiger partial charge in [-0.1, -0.05) is 15.9 Å². The maximum absolute atomic E-state index is 11.5. The normalized spacial score (nSPS) is 19.5. The van der Waals surface area contributed by atoms with Gasteiger partial charge in [0.25, 0.3) is 0 Å². The molecule has 0 bridgehead atoms. The van der Waals surface area contributed by atoms with E-state index in [1.807, 2.05) is 11.4 Å². The average molecular weight is 274 g/mol. The average Bonchev–Trinajstić information content (AvgIpc) is 2.72. The highest BCUT2D eigenvalue weighted by Gasteiger charge is 2.31. The number of amides is 1. The van der Waals surface area contributed by atoms with Crippen LogP contribution in [-0.4, -0.2) is 17.0 Å². The summed E-state index contributed by atoms with van der Waals surface area (Å²) >= 11 is 4.52. The Labute approximate surface area is 93.6 Å². The van der Waals surface area contributed by atoms with Crippen molar-refractivity contribution in [2.75, 3.05) is 5.33 Å². The zero-order chi connectivity index (χ0) is 10.1. The Morgan fingerprint density at radius 2 is 2.50 bits per heavy atom. The van der Waals surface area contributed by atoms with Crippen molar-refractivity contribution in [1.29, 1.82) is 0 Å². The van der Waals surface area contributed by atoms with Crippen LogP contribution in [0.4, 0.5) is 0 Å². The highest BCUT2D eigenvalue weighted by atomic mass is 79.9. The van der Waals surface area contributed by atoms with Crippen molar-refractivity contribution in [1.82, 2.24) is 5.32 Å². The quantitative estimate of drug-likeness (QED) is 0.837. The molecule has 0 fully saturated rings. The van der Waals surface area contributed by atoms with E-state index in [1.165, 1.54) is 11.3 Å². The van der Waals surface area contributed by atoms with Crippen LogP contribution in [0.15, 0.2) is 11.4 Å². The van der Waals surface area contributed by atoms with Crippen LogP contribution in [0.25, 0.3) is 0 Å². The summed E-state index contributed by atoms with van der Waals surface area (Å²) in [5, 5.41) is 4.96. The minimum absolute atomic E-state index is 0.0816. The molecule has 0 saturated heterocycles. The number of alkyl halides is 1. The fourth-order valence-corrected chi connectivity index (χ4v) is 2.64. The summed E-state index contributed by atoms with van der Waals surface area (Å²) in [6.07, 6.45) is 0.404. The maximum atomic E-state index is 11.5. The molecule has 0 aliphatic heterocycles. The van der Waals surface area contributed by atoms with Crippen molar-refractivity contribution in [3.8, 4) is 0 Å². The van der Waals surface area contributed by atoms with E-state index in [-0.39, 0.29) is 23.1 Å². The van der Waals surface area contributed by atoms with Crippen molar-refractivity contribution in [3.05, 3.63) is 21.9 Å². The second-order valence-electron chi connectivity index (χ2n) is 3.09. The van der Waals surface area contributed by atoms with Crippen LogP contribution in [0.5, 0.6) is 0 Å². The lowest BCUT2D eigenvalue weighted by molar-refractivity contribution is -0.119. The Bertz CT molecular complexity index is 388. The summed E-state index contributed by atoms with van der Waals surface area (Å²) in [7, 11) is 0. The number of Topliss-reactive ketones (excluding diaryl/α,β-unsaturated/α-hetero) is 1. The number of carbonyl (C=O) groups excluding carboxylic acids is 2. The Morgan fingerprint density at radius 3 is 3.21 bits per heavy atom. The van der Waals surface area contributed by atoms with Crippen molar-refractivity contribution in [3.63, 3.8) is 0 Å². The predicted molar refractivity (Wildman–Crippen MR) is 57.9 cm³/mol. The van der Waals surface area contributed by atoms with Crippen molar-refractivity contribution in [2.24, 2.45) is 0 Å². The van der Waals surface area contributed by atoms with Crippen LogP contribution < -0.4 is 5.32 Å². The van der Waals surface area contributed by atoms with Gasteiger partial charge in [0, 0.05) is 6.42 Å². The number of ketones is 1. The molecule has 0 radical (unpaired) electrons. The fraction of sp³-hybridized carbons (Fsp3) is 0.333. The number of hydrogen-bond donors (Lipinski definition) is 1. The van der Waals surface area contributed by atoms with Gasteiger partial charge in [-0.15, -0.1) is 11.3 Å². The van der Waals surface area contributed by atoms with E-state index in [0.717, 1.165) is 10.4 Å². The summed E-state index contributed by atoms with van der Waals surface area (Å²) in [4.78, 5) is 23.4. The summed E-state index contributed by atoms with van der Waals surface area (Å²) in [5.74, 6) is 0.0525. The molecule has 1 N–H and O–H groups in total. The molecule has 14 heavy (non-hydrogen) atoms. The molecule has 2 rings (SSSR count). The molecular weight excluding hydrogens is 266 g/mol. The summed E-state index contributed by atoms with van der Waals surface area (Å²) in [5.41, 5.74) is 0.967. The smallest absolute Gasteiger partial charge is 0.231 e. The second-order valence-corrected chi connectivity index (χ2v) is 4.56. The van der Waals surface area contributed by atoms with Gasteiger partial charge >= 0.3 is 0 Å². The minimum atomic E-state index is -0.117. The third-order valence-electron chi connectivity index (χ3n) is 2.17. The lowest BCUT2D eigenvalue weighted by atomic mass is 10.2. The number of carbonyl (C=O) groups is 2. The van der Waals surface area contributed by atoms with Gasteiger partial charge in [-0.05, 0) is 17.0 Å². The molecule has 0 saturated carbocycles. The van der Waals surface area contributed by atoms with Gasteiger partial charge in [-0.2, -0.15) is 0 Å². The summed E-state index contributed by atoms with van der Waals surface area (Å²) in [6, 6.07) is 1.79. The third-order valence-corrected chi connectivity index (χ3v) is 3.65. The van der Waals surface area contributed by atoms with E-state index in [2.05, 4.69) is 21.2 Å². The fourth-order valence-electron chi connectivity index (χ4n) is 1.57. The zero-order valence-electron chi connectivity index (χ0n) is 7.25. The first kappa shape index (κ1) is 9.86. The second kappa shape index (κ2) is 3.82.